The van der Waals surface area contributed by atoms with Crippen molar-refractivity contribution in [2.75, 3.05) is 18.2 Å². The van der Waals surface area contributed by atoms with E-state index in [1.54, 1.807) is 31.0 Å². The lowest BCUT2D eigenvalue weighted by Gasteiger charge is -2.22. The third-order valence-corrected chi connectivity index (χ3v) is 5.76. The van der Waals surface area contributed by atoms with Gasteiger partial charge in [0, 0.05) is 19.8 Å². The molecule has 2 rings (SSSR count). The first-order valence-electron chi connectivity index (χ1n) is 7.22. The number of rotatable bonds is 5. The van der Waals surface area contributed by atoms with Crippen LogP contribution in [0.3, 0.4) is 0 Å². The first-order valence-corrected chi connectivity index (χ1v) is 10.7. The lowest BCUT2D eigenvalue weighted by molar-refractivity contribution is 0.596. The average molecular weight is 386 g/mol. The molecule has 0 saturated carbocycles. The summed E-state index contributed by atoms with van der Waals surface area (Å²) in [5.41, 5.74) is 1.47. The second-order valence-electron chi connectivity index (χ2n) is 5.89. The van der Waals surface area contributed by atoms with Crippen LogP contribution in [0.15, 0.2) is 46.2 Å². The highest BCUT2D eigenvalue weighted by molar-refractivity contribution is 7.91. The zero-order valence-corrected chi connectivity index (χ0v) is 15.7. The second kappa shape index (κ2) is 6.74. The molecule has 0 aliphatic carbocycles. The van der Waals surface area contributed by atoms with Gasteiger partial charge in [-0.15, -0.1) is 0 Å². The number of sulfone groups is 1. The van der Waals surface area contributed by atoms with Crippen LogP contribution < -0.4 is 10.0 Å². The van der Waals surface area contributed by atoms with Crippen molar-refractivity contribution in [3.05, 3.63) is 53.3 Å². The number of sulfonamides is 1. The molecule has 0 saturated heterocycles. The summed E-state index contributed by atoms with van der Waals surface area (Å²) in [5, 5.41) is 5.07. The molecule has 0 heterocycles. The minimum atomic E-state index is -4.03. The summed E-state index contributed by atoms with van der Waals surface area (Å²) >= 11 is 0. The fourth-order valence-electron chi connectivity index (χ4n) is 2.38. The van der Waals surface area contributed by atoms with E-state index in [1.165, 1.54) is 18.2 Å². The highest BCUT2D eigenvalue weighted by Crippen LogP contribution is 2.28. The van der Waals surface area contributed by atoms with Gasteiger partial charge in [0.15, 0.2) is 9.84 Å². The van der Waals surface area contributed by atoms with E-state index in [0.29, 0.717) is 16.8 Å². The van der Waals surface area contributed by atoms with Crippen LogP contribution in [0.5, 0.6) is 0 Å². The third-order valence-electron chi connectivity index (χ3n) is 3.73. The maximum atomic E-state index is 13.7. The number of hydrogen-bond donors (Lipinski definition) is 1. The Labute approximate surface area is 147 Å². The smallest absolute Gasteiger partial charge is 0.238 e. The van der Waals surface area contributed by atoms with Crippen LogP contribution in [-0.4, -0.2) is 30.1 Å². The third kappa shape index (κ3) is 4.56. The van der Waals surface area contributed by atoms with Gasteiger partial charge in [0.05, 0.1) is 15.5 Å². The first kappa shape index (κ1) is 19.4. The van der Waals surface area contributed by atoms with Crippen molar-refractivity contribution < 1.29 is 21.2 Å². The van der Waals surface area contributed by atoms with E-state index in [0.717, 1.165) is 12.3 Å². The van der Waals surface area contributed by atoms with Gasteiger partial charge < -0.3 is 4.90 Å². The number of nitrogens with zero attached hydrogens (tertiary/aromatic N) is 1. The van der Waals surface area contributed by atoms with Crippen molar-refractivity contribution in [1.29, 1.82) is 0 Å². The molecule has 0 aliphatic heterocycles. The Bertz CT molecular complexity index is 1020. The van der Waals surface area contributed by atoms with Crippen molar-refractivity contribution in [1.82, 2.24) is 0 Å². The Hall–Kier alpha value is -1.97. The lowest BCUT2D eigenvalue weighted by Crippen LogP contribution is -2.20. The Morgan fingerprint density at radius 2 is 1.72 bits per heavy atom. The number of anilines is 1. The standard InChI is InChI=1S/C16H19FN2O4S2/c1-11-4-5-12(8-14(11)17)10-19(2)15-7-6-13(25(18,22)23)9-16(15)24(3,20)21/h4-9H,10H2,1-3H3,(H2,18,22,23). The minimum absolute atomic E-state index is 0.158. The zero-order valence-electron chi connectivity index (χ0n) is 14.0. The predicted molar refractivity (Wildman–Crippen MR) is 94.2 cm³/mol. The van der Waals surface area contributed by atoms with Crippen LogP contribution in [0.2, 0.25) is 0 Å². The summed E-state index contributed by atoms with van der Waals surface area (Å²) in [7, 11) is -6.10. The van der Waals surface area contributed by atoms with Gasteiger partial charge in [0.25, 0.3) is 0 Å². The number of primary sulfonamides is 1. The molecule has 0 amide bonds. The van der Waals surface area contributed by atoms with E-state index in [4.69, 9.17) is 5.14 Å². The quantitative estimate of drug-likeness (QED) is 0.845. The summed E-state index contributed by atoms with van der Waals surface area (Å²) in [6.45, 7) is 1.89. The Balaban J connectivity index is 2.48. The summed E-state index contributed by atoms with van der Waals surface area (Å²) in [4.78, 5) is 1.16. The van der Waals surface area contributed by atoms with Gasteiger partial charge in [-0.25, -0.2) is 26.4 Å². The van der Waals surface area contributed by atoms with Gasteiger partial charge in [-0.1, -0.05) is 12.1 Å². The molecule has 0 aliphatic rings. The van der Waals surface area contributed by atoms with Crippen LogP contribution in [-0.2, 0) is 26.4 Å². The van der Waals surface area contributed by atoms with E-state index >= 15 is 0 Å². The van der Waals surface area contributed by atoms with Crippen molar-refractivity contribution in [3.63, 3.8) is 0 Å². The number of halogens is 1. The summed E-state index contributed by atoms with van der Waals surface area (Å²) < 4.78 is 60.8. The summed E-state index contributed by atoms with van der Waals surface area (Å²) in [5.74, 6) is -0.348. The maximum Gasteiger partial charge on any atom is 0.238 e. The SMILES string of the molecule is Cc1ccc(CN(C)c2ccc(S(N)(=O)=O)cc2S(C)(=O)=O)cc1F. The molecule has 0 fully saturated rings. The molecule has 0 bridgehead atoms. The number of hydrogen-bond acceptors (Lipinski definition) is 5. The highest BCUT2D eigenvalue weighted by atomic mass is 32.2. The monoisotopic (exact) mass is 386 g/mol. The van der Waals surface area contributed by atoms with E-state index < -0.39 is 19.9 Å². The van der Waals surface area contributed by atoms with Crippen molar-refractivity contribution in [3.8, 4) is 0 Å². The molecule has 0 radical (unpaired) electrons. The fourth-order valence-corrected chi connectivity index (χ4v) is 3.94. The molecule has 25 heavy (non-hydrogen) atoms. The highest BCUT2D eigenvalue weighted by Gasteiger charge is 2.20. The molecular weight excluding hydrogens is 367 g/mol. The summed E-state index contributed by atoms with van der Waals surface area (Å²) in [6.07, 6.45) is 0.984. The first-order chi connectivity index (χ1) is 11.4. The largest absolute Gasteiger partial charge is 0.369 e. The molecule has 6 nitrogen and oxygen atoms in total. The Morgan fingerprint density at radius 1 is 1.08 bits per heavy atom. The second-order valence-corrected chi connectivity index (χ2v) is 9.43. The lowest BCUT2D eigenvalue weighted by atomic mass is 10.1. The predicted octanol–water partition coefficient (Wildman–Crippen LogP) is 1.82. The van der Waals surface area contributed by atoms with Crippen LogP contribution in [0.4, 0.5) is 10.1 Å². The molecule has 2 aromatic carbocycles. The van der Waals surface area contributed by atoms with Crippen LogP contribution >= 0.6 is 0 Å². The number of nitrogens with two attached hydrogens (primary N) is 1. The normalized spacial score (nSPS) is 12.2. The molecule has 2 aromatic rings. The van der Waals surface area contributed by atoms with E-state index in [9.17, 15) is 21.2 Å². The zero-order chi connectivity index (χ0) is 19.0. The van der Waals surface area contributed by atoms with Gasteiger partial charge in [-0.3, -0.25) is 0 Å². The van der Waals surface area contributed by atoms with Crippen molar-refractivity contribution >= 4 is 25.5 Å². The number of benzene rings is 2. The molecule has 0 atom stereocenters. The van der Waals surface area contributed by atoms with Gasteiger partial charge in [0.1, 0.15) is 5.82 Å². The maximum absolute atomic E-state index is 13.7. The van der Waals surface area contributed by atoms with E-state index in [-0.39, 0.29) is 22.2 Å². The van der Waals surface area contributed by atoms with Crippen LogP contribution in [0, 0.1) is 12.7 Å². The molecule has 9 heteroatoms. The van der Waals surface area contributed by atoms with Crippen molar-refractivity contribution in [2.24, 2.45) is 5.14 Å². The fraction of sp³-hybridized carbons (Fsp3) is 0.250. The molecule has 136 valence electrons. The van der Waals surface area contributed by atoms with Crippen molar-refractivity contribution in [2.45, 2.75) is 23.3 Å². The minimum Gasteiger partial charge on any atom is -0.369 e. The molecule has 0 aromatic heterocycles. The van der Waals surface area contributed by atoms with Gasteiger partial charge in [-0.05, 0) is 42.3 Å². The molecule has 2 N–H and O–H groups in total. The molecular formula is C16H19FN2O4S2. The van der Waals surface area contributed by atoms with E-state index in [1.807, 2.05) is 0 Å². The Morgan fingerprint density at radius 3 is 2.24 bits per heavy atom. The van der Waals surface area contributed by atoms with Gasteiger partial charge in [-0.2, -0.15) is 0 Å². The molecule has 0 spiro atoms. The van der Waals surface area contributed by atoms with E-state index in [2.05, 4.69) is 0 Å². The van der Waals surface area contributed by atoms with Crippen LogP contribution in [0.25, 0.3) is 0 Å². The topological polar surface area (TPSA) is 97.5 Å². The van der Waals surface area contributed by atoms with Crippen LogP contribution in [0.1, 0.15) is 11.1 Å². The summed E-state index contributed by atoms with van der Waals surface area (Å²) in [6, 6.07) is 8.41. The number of aryl methyl sites for hydroxylation is 1. The Kier molecular flexibility index (Phi) is 5.22. The molecule has 0 unspecified atom stereocenters. The van der Waals surface area contributed by atoms with Gasteiger partial charge >= 0.3 is 0 Å². The van der Waals surface area contributed by atoms with Gasteiger partial charge in [0.2, 0.25) is 10.0 Å². The average Bonchev–Trinajstić information content (AvgIpc) is 2.48.